The molecule has 4 nitrogen and oxygen atoms in total. The zero-order valence-electron chi connectivity index (χ0n) is 15.5. The second kappa shape index (κ2) is 5.90. The van der Waals surface area contributed by atoms with Crippen molar-refractivity contribution in [2.75, 3.05) is 13.2 Å². The van der Waals surface area contributed by atoms with Gasteiger partial charge in [-0.3, -0.25) is 0 Å². The Bertz CT molecular complexity index is 787. The summed E-state index contributed by atoms with van der Waals surface area (Å²) in [7, 11) is 0. The zero-order chi connectivity index (χ0) is 18.9. The lowest BCUT2D eigenvalue weighted by atomic mass is 9.42. The van der Waals surface area contributed by atoms with Crippen LogP contribution in [0.15, 0.2) is 18.2 Å². The molecule has 2 N–H and O–H groups in total. The Morgan fingerprint density at radius 1 is 1.26 bits per heavy atom. The first-order valence-corrected chi connectivity index (χ1v) is 10.0. The predicted molar refractivity (Wildman–Crippen MR) is 96.0 cm³/mol. The highest BCUT2D eigenvalue weighted by molar-refractivity contribution is 5.77. The number of urea groups is 1. The molecule has 1 aliphatic heterocycles. The number of benzene rings is 1. The number of aliphatic hydroxyl groups excluding tert-OH is 1. The maximum Gasteiger partial charge on any atom is 0.318 e. The Balaban J connectivity index is 1.58. The van der Waals surface area contributed by atoms with Crippen LogP contribution in [0, 0.1) is 34.8 Å². The molecule has 4 bridgehead atoms. The average Bonchev–Trinajstić information content (AvgIpc) is 2.95. The zero-order valence-corrected chi connectivity index (χ0v) is 15.5. The van der Waals surface area contributed by atoms with Crippen LogP contribution in [0.2, 0.25) is 0 Å². The molecule has 7 unspecified atom stereocenters. The van der Waals surface area contributed by atoms with E-state index in [2.05, 4.69) is 5.32 Å². The number of hydrogen-bond donors (Lipinski definition) is 2. The number of nitrogens with zero attached hydrogens (tertiary/aromatic N) is 1. The monoisotopic (exact) mass is 376 g/mol. The van der Waals surface area contributed by atoms with E-state index in [1.165, 1.54) is 12.1 Å². The molecule has 6 rings (SSSR count). The van der Waals surface area contributed by atoms with Gasteiger partial charge in [0.15, 0.2) is 11.6 Å². The third-order valence-electron chi connectivity index (χ3n) is 7.69. The summed E-state index contributed by atoms with van der Waals surface area (Å²) < 4.78 is 27.6. The van der Waals surface area contributed by atoms with Crippen molar-refractivity contribution < 1.29 is 18.7 Å². The molecule has 7 atom stereocenters. The van der Waals surface area contributed by atoms with E-state index in [-0.39, 0.29) is 42.0 Å². The molecule has 146 valence electrons. The minimum Gasteiger partial charge on any atom is -0.396 e. The fourth-order valence-corrected chi connectivity index (χ4v) is 7.12. The first-order chi connectivity index (χ1) is 12.9. The van der Waals surface area contributed by atoms with Gasteiger partial charge in [-0.1, -0.05) is 6.07 Å². The van der Waals surface area contributed by atoms with Crippen LogP contribution in [0.1, 0.15) is 44.1 Å². The molecule has 1 heterocycles. The first-order valence-electron chi connectivity index (χ1n) is 10.0. The summed E-state index contributed by atoms with van der Waals surface area (Å²) in [6.45, 7) is 2.77. The minimum absolute atomic E-state index is 0.0120. The summed E-state index contributed by atoms with van der Waals surface area (Å²) in [5.41, 5.74) is 0.489. The second-order valence-corrected chi connectivity index (χ2v) is 9.33. The molecule has 5 aliphatic rings. The summed E-state index contributed by atoms with van der Waals surface area (Å²) in [4.78, 5) is 14.5. The smallest absolute Gasteiger partial charge is 0.318 e. The van der Waals surface area contributed by atoms with Gasteiger partial charge in [-0.25, -0.2) is 13.6 Å². The number of amides is 2. The molecule has 5 fully saturated rings. The first kappa shape index (κ1) is 17.4. The van der Waals surface area contributed by atoms with Gasteiger partial charge in [0.25, 0.3) is 0 Å². The molecule has 6 heteroatoms. The fourth-order valence-electron chi connectivity index (χ4n) is 7.12. The third kappa shape index (κ3) is 2.45. The molecule has 2 amide bonds. The molecule has 0 spiro atoms. The standard InChI is InChI=1S/C21H26F2N2O2/c1-11-9-25(20(27)24-11)19-14-4-12-5-15(19)18(21(7-12,8-14)10-26)13-2-3-16(22)17(23)6-13/h2-3,6,11-12,14-15,18-19,26H,4-5,7-10H2,1H3,(H,24,27). The van der Waals surface area contributed by atoms with E-state index in [0.717, 1.165) is 31.2 Å². The van der Waals surface area contributed by atoms with Gasteiger partial charge in [-0.2, -0.15) is 0 Å². The Morgan fingerprint density at radius 2 is 2.07 bits per heavy atom. The Labute approximate surface area is 157 Å². The molecule has 0 aromatic heterocycles. The van der Waals surface area contributed by atoms with Crippen LogP contribution >= 0.6 is 0 Å². The molecular weight excluding hydrogens is 350 g/mol. The van der Waals surface area contributed by atoms with Crippen LogP contribution < -0.4 is 5.32 Å². The van der Waals surface area contributed by atoms with Crippen LogP contribution in [-0.2, 0) is 0 Å². The van der Waals surface area contributed by atoms with Gasteiger partial charge in [0.2, 0.25) is 0 Å². The van der Waals surface area contributed by atoms with Gasteiger partial charge < -0.3 is 15.3 Å². The largest absolute Gasteiger partial charge is 0.396 e. The number of aliphatic hydroxyl groups is 1. The number of carbonyl (C=O) groups is 1. The van der Waals surface area contributed by atoms with E-state index in [9.17, 15) is 18.7 Å². The molecule has 27 heavy (non-hydrogen) atoms. The van der Waals surface area contributed by atoms with Crippen molar-refractivity contribution in [3.05, 3.63) is 35.4 Å². The summed E-state index contributed by atoms with van der Waals surface area (Å²) in [5, 5.41) is 13.4. The van der Waals surface area contributed by atoms with Gasteiger partial charge in [-0.15, -0.1) is 0 Å². The van der Waals surface area contributed by atoms with Crippen molar-refractivity contribution >= 4 is 6.03 Å². The van der Waals surface area contributed by atoms with E-state index >= 15 is 0 Å². The second-order valence-electron chi connectivity index (χ2n) is 9.33. The van der Waals surface area contributed by atoms with Crippen LogP contribution in [0.5, 0.6) is 0 Å². The lowest BCUT2D eigenvalue weighted by Gasteiger charge is -2.65. The molecule has 0 radical (unpaired) electrons. The number of nitrogens with one attached hydrogen (secondary N) is 1. The summed E-state index contributed by atoms with van der Waals surface area (Å²) >= 11 is 0. The van der Waals surface area contributed by atoms with Crippen molar-refractivity contribution in [3.8, 4) is 0 Å². The van der Waals surface area contributed by atoms with Crippen LogP contribution in [0.3, 0.4) is 0 Å². The SMILES string of the molecule is CC1CN(C2C3CC4CC2C(c2ccc(F)c(F)c2)C(CO)(C4)C3)C(=O)N1. The summed E-state index contributed by atoms with van der Waals surface area (Å²) in [5.74, 6) is -0.596. The molecule has 1 aromatic carbocycles. The predicted octanol–water partition coefficient (Wildman–Crippen LogP) is 3.26. The van der Waals surface area contributed by atoms with Gasteiger partial charge in [0, 0.05) is 30.7 Å². The number of carbonyl (C=O) groups excluding carboxylic acids is 1. The van der Waals surface area contributed by atoms with E-state index in [0.29, 0.717) is 18.4 Å². The molecule has 1 aromatic rings. The van der Waals surface area contributed by atoms with E-state index in [1.807, 2.05) is 11.8 Å². The summed E-state index contributed by atoms with van der Waals surface area (Å²) in [6.07, 6.45) is 3.88. The lowest BCUT2D eigenvalue weighted by molar-refractivity contribution is -0.136. The van der Waals surface area contributed by atoms with Crippen LogP contribution in [-0.4, -0.2) is 41.3 Å². The molecular formula is C21H26F2N2O2. The number of rotatable bonds is 3. The van der Waals surface area contributed by atoms with Crippen molar-refractivity contribution in [1.29, 1.82) is 0 Å². The molecule has 4 aliphatic carbocycles. The summed E-state index contributed by atoms with van der Waals surface area (Å²) in [6, 6.07) is 4.41. The van der Waals surface area contributed by atoms with Gasteiger partial charge >= 0.3 is 6.03 Å². The van der Waals surface area contributed by atoms with Crippen LogP contribution in [0.25, 0.3) is 0 Å². The third-order valence-corrected chi connectivity index (χ3v) is 7.69. The number of halogens is 2. The quantitative estimate of drug-likeness (QED) is 0.851. The van der Waals surface area contributed by atoms with E-state index < -0.39 is 11.6 Å². The molecule has 1 saturated heterocycles. The maximum absolute atomic E-state index is 14.0. The van der Waals surface area contributed by atoms with E-state index in [1.54, 1.807) is 6.07 Å². The fraction of sp³-hybridized carbons (Fsp3) is 0.667. The van der Waals surface area contributed by atoms with Crippen molar-refractivity contribution in [2.24, 2.45) is 23.2 Å². The average molecular weight is 376 g/mol. The Kier molecular flexibility index (Phi) is 3.81. The normalized spacial score (nSPS) is 42.7. The lowest BCUT2D eigenvalue weighted by Crippen LogP contribution is -2.64. The maximum atomic E-state index is 14.0. The van der Waals surface area contributed by atoms with Gasteiger partial charge in [-0.05, 0) is 74.0 Å². The topological polar surface area (TPSA) is 52.6 Å². The van der Waals surface area contributed by atoms with Gasteiger partial charge in [0.05, 0.1) is 0 Å². The van der Waals surface area contributed by atoms with Gasteiger partial charge in [0.1, 0.15) is 0 Å². The van der Waals surface area contributed by atoms with Crippen molar-refractivity contribution in [3.63, 3.8) is 0 Å². The Hall–Kier alpha value is -1.69. The Morgan fingerprint density at radius 3 is 2.74 bits per heavy atom. The van der Waals surface area contributed by atoms with E-state index in [4.69, 9.17) is 0 Å². The highest BCUT2D eigenvalue weighted by atomic mass is 19.2. The highest BCUT2D eigenvalue weighted by Crippen LogP contribution is 2.66. The van der Waals surface area contributed by atoms with Crippen molar-refractivity contribution in [1.82, 2.24) is 10.2 Å². The molecule has 4 saturated carbocycles. The van der Waals surface area contributed by atoms with Crippen molar-refractivity contribution in [2.45, 2.75) is 50.6 Å². The van der Waals surface area contributed by atoms with Crippen LogP contribution in [0.4, 0.5) is 13.6 Å². The highest BCUT2D eigenvalue weighted by Gasteiger charge is 2.62. The minimum atomic E-state index is -0.843. The number of hydrogen-bond acceptors (Lipinski definition) is 2.